The van der Waals surface area contributed by atoms with Crippen molar-refractivity contribution in [1.82, 2.24) is 10.3 Å². The van der Waals surface area contributed by atoms with Crippen LogP contribution in [0.2, 0.25) is 0 Å². The second-order valence-corrected chi connectivity index (χ2v) is 6.13. The Labute approximate surface area is 117 Å². The molecule has 1 aliphatic rings. The minimum absolute atomic E-state index is 0.398. The van der Waals surface area contributed by atoms with Gasteiger partial charge in [0, 0.05) is 23.2 Å². The summed E-state index contributed by atoms with van der Waals surface area (Å²) in [5.41, 5.74) is 2.58. The number of nitrogens with one attached hydrogen (secondary N) is 2. The van der Waals surface area contributed by atoms with Crippen LogP contribution >= 0.6 is 0 Å². The Morgan fingerprint density at radius 2 is 2.15 bits per heavy atom. The molecule has 108 valence electrons. The second-order valence-electron chi connectivity index (χ2n) is 6.13. The highest BCUT2D eigenvalue weighted by Crippen LogP contribution is 2.31. The number of fused-ring (bicyclic) bond motifs is 3. The summed E-state index contributed by atoms with van der Waals surface area (Å²) in [6.07, 6.45) is 2.77. The van der Waals surface area contributed by atoms with E-state index in [0.717, 1.165) is 43.1 Å². The molecule has 3 rings (SSSR count). The van der Waals surface area contributed by atoms with E-state index in [9.17, 15) is 8.78 Å². The van der Waals surface area contributed by atoms with Crippen LogP contribution in [0.25, 0.3) is 10.9 Å². The topological polar surface area (TPSA) is 27.8 Å². The van der Waals surface area contributed by atoms with Crippen molar-refractivity contribution in [2.75, 3.05) is 6.54 Å². The maximum atomic E-state index is 13.8. The van der Waals surface area contributed by atoms with Crippen molar-refractivity contribution in [3.8, 4) is 0 Å². The molecule has 0 bridgehead atoms. The Hall–Kier alpha value is -1.42. The summed E-state index contributed by atoms with van der Waals surface area (Å²) in [6, 6.07) is 2.78. The predicted molar refractivity (Wildman–Crippen MR) is 76.9 cm³/mol. The number of benzene rings is 1. The molecule has 4 heteroatoms. The zero-order valence-corrected chi connectivity index (χ0v) is 11.9. The first kappa shape index (κ1) is 13.6. The molecule has 1 heterocycles. The molecule has 1 aromatic heterocycles. The smallest absolute Gasteiger partial charge is 0.150 e. The zero-order valence-electron chi connectivity index (χ0n) is 11.9. The van der Waals surface area contributed by atoms with Gasteiger partial charge in [-0.1, -0.05) is 13.8 Å². The third-order valence-electron chi connectivity index (χ3n) is 4.03. The van der Waals surface area contributed by atoms with E-state index in [-0.39, 0.29) is 0 Å². The lowest BCUT2D eigenvalue weighted by molar-refractivity contribution is 0.424. The van der Waals surface area contributed by atoms with Crippen LogP contribution in [-0.4, -0.2) is 17.6 Å². The number of halogens is 2. The van der Waals surface area contributed by atoms with Gasteiger partial charge in [-0.2, -0.15) is 0 Å². The Kier molecular flexibility index (Phi) is 3.50. The number of hydrogen-bond acceptors (Lipinski definition) is 1. The lowest BCUT2D eigenvalue weighted by Gasteiger charge is -2.24. The molecule has 2 nitrogen and oxygen atoms in total. The predicted octanol–water partition coefficient (Wildman–Crippen LogP) is 3.55. The molecule has 0 amide bonds. The van der Waals surface area contributed by atoms with E-state index in [1.54, 1.807) is 0 Å². The van der Waals surface area contributed by atoms with Crippen molar-refractivity contribution in [1.29, 1.82) is 0 Å². The fourth-order valence-corrected chi connectivity index (χ4v) is 3.02. The number of rotatable bonds is 3. The highest BCUT2D eigenvalue weighted by Gasteiger charge is 2.23. The van der Waals surface area contributed by atoms with Gasteiger partial charge < -0.3 is 10.3 Å². The normalized spacial score (nSPS) is 18.8. The SMILES string of the molecule is CC(C)CNC1CCc2[nH]c3c(F)cc(F)cc3c2C1. The standard InChI is InChI=1S/C16H20F2N2/c1-9(2)8-19-11-3-4-15-12(7-11)13-5-10(17)6-14(18)16(13)20-15/h5-6,9,11,19-20H,3-4,7-8H2,1-2H3. The second kappa shape index (κ2) is 5.17. The summed E-state index contributed by atoms with van der Waals surface area (Å²) in [4.78, 5) is 3.13. The summed E-state index contributed by atoms with van der Waals surface area (Å²) < 4.78 is 27.2. The number of H-pyrrole nitrogens is 1. The van der Waals surface area contributed by atoms with Crippen LogP contribution in [0.1, 0.15) is 31.5 Å². The largest absolute Gasteiger partial charge is 0.356 e. The summed E-state index contributed by atoms with van der Waals surface area (Å²) in [5, 5.41) is 4.25. The molecule has 1 aromatic carbocycles. The van der Waals surface area contributed by atoms with E-state index < -0.39 is 11.6 Å². The van der Waals surface area contributed by atoms with Gasteiger partial charge in [-0.15, -0.1) is 0 Å². The average molecular weight is 278 g/mol. The molecule has 1 atom stereocenters. The van der Waals surface area contributed by atoms with Crippen LogP contribution in [0.15, 0.2) is 12.1 Å². The van der Waals surface area contributed by atoms with Gasteiger partial charge in [-0.05, 0) is 43.4 Å². The molecular formula is C16H20F2N2. The lowest BCUT2D eigenvalue weighted by Crippen LogP contribution is -2.36. The lowest BCUT2D eigenvalue weighted by atomic mass is 9.91. The Morgan fingerprint density at radius 1 is 1.35 bits per heavy atom. The highest BCUT2D eigenvalue weighted by atomic mass is 19.1. The molecule has 1 unspecified atom stereocenters. The number of aryl methyl sites for hydroxylation is 1. The fraction of sp³-hybridized carbons (Fsp3) is 0.500. The first-order valence-corrected chi connectivity index (χ1v) is 7.26. The maximum Gasteiger partial charge on any atom is 0.150 e. The third kappa shape index (κ3) is 2.44. The van der Waals surface area contributed by atoms with Crippen molar-refractivity contribution in [3.63, 3.8) is 0 Å². The first-order valence-electron chi connectivity index (χ1n) is 7.26. The van der Waals surface area contributed by atoms with Gasteiger partial charge in [0.2, 0.25) is 0 Å². The van der Waals surface area contributed by atoms with Crippen LogP contribution in [-0.2, 0) is 12.8 Å². The van der Waals surface area contributed by atoms with E-state index in [4.69, 9.17) is 0 Å². The van der Waals surface area contributed by atoms with E-state index in [1.807, 2.05) is 0 Å². The molecule has 2 N–H and O–H groups in total. The fourth-order valence-electron chi connectivity index (χ4n) is 3.02. The molecule has 0 aliphatic heterocycles. The van der Waals surface area contributed by atoms with Crippen LogP contribution in [0.3, 0.4) is 0 Å². The molecule has 0 radical (unpaired) electrons. The molecule has 2 aromatic rings. The molecule has 0 spiro atoms. The average Bonchev–Trinajstić information content (AvgIpc) is 2.75. The van der Waals surface area contributed by atoms with Gasteiger partial charge >= 0.3 is 0 Å². The Bertz CT molecular complexity index is 631. The summed E-state index contributed by atoms with van der Waals surface area (Å²) in [6.45, 7) is 5.33. The molecule has 0 fully saturated rings. The van der Waals surface area contributed by atoms with Crippen LogP contribution in [0.4, 0.5) is 8.78 Å². The van der Waals surface area contributed by atoms with E-state index in [2.05, 4.69) is 24.1 Å². The molecular weight excluding hydrogens is 258 g/mol. The summed E-state index contributed by atoms with van der Waals surface area (Å²) >= 11 is 0. The van der Waals surface area contributed by atoms with E-state index in [1.165, 1.54) is 6.07 Å². The van der Waals surface area contributed by atoms with Crippen molar-refractivity contribution in [2.24, 2.45) is 5.92 Å². The van der Waals surface area contributed by atoms with Gasteiger partial charge in [-0.3, -0.25) is 0 Å². The first-order chi connectivity index (χ1) is 9.54. The van der Waals surface area contributed by atoms with Crippen LogP contribution in [0, 0.1) is 17.6 Å². The summed E-state index contributed by atoms with van der Waals surface area (Å²) in [5.74, 6) is -0.399. The van der Waals surface area contributed by atoms with Gasteiger partial charge in [0.05, 0.1) is 5.52 Å². The molecule has 0 saturated heterocycles. The van der Waals surface area contributed by atoms with Gasteiger partial charge in [0.25, 0.3) is 0 Å². The van der Waals surface area contributed by atoms with E-state index in [0.29, 0.717) is 22.9 Å². The number of aromatic nitrogens is 1. The van der Waals surface area contributed by atoms with Gasteiger partial charge in [0.15, 0.2) is 0 Å². The van der Waals surface area contributed by atoms with Crippen molar-refractivity contribution < 1.29 is 8.78 Å². The van der Waals surface area contributed by atoms with Crippen LogP contribution in [0.5, 0.6) is 0 Å². The summed E-state index contributed by atoms with van der Waals surface area (Å²) in [7, 11) is 0. The molecule has 20 heavy (non-hydrogen) atoms. The maximum absolute atomic E-state index is 13.8. The third-order valence-corrected chi connectivity index (χ3v) is 4.03. The minimum Gasteiger partial charge on any atom is -0.356 e. The molecule has 1 aliphatic carbocycles. The van der Waals surface area contributed by atoms with Crippen molar-refractivity contribution in [2.45, 2.75) is 39.2 Å². The van der Waals surface area contributed by atoms with Crippen molar-refractivity contribution >= 4 is 10.9 Å². The number of hydrogen-bond donors (Lipinski definition) is 2. The number of aromatic amines is 1. The van der Waals surface area contributed by atoms with Gasteiger partial charge in [0.1, 0.15) is 11.6 Å². The van der Waals surface area contributed by atoms with Gasteiger partial charge in [-0.25, -0.2) is 8.78 Å². The Balaban J connectivity index is 1.92. The monoisotopic (exact) mass is 278 g/mol. The van der Waals surface area contributed by atoms with Crippen molar-refractivity contribution in [3.05, 3.63) is 35.0 Å². The quantitative estimate of drug-likeness (QED) is 0.883. The minimum atomic E-state index is -0.505. The molecule has 0 saturated carbocycles. The Morgan fingerprint density at radius 3 is 2.90 bits per heavy atom. The zero-order chi connectivity index (χ0) is 14.3. The van der Waals surface area contributed by atoms with Crippen LogP contribution < -0.4 is 5.32 Å². The highest BCUT2D eigenvalue weighted by molar-refractivity contribution is 5.85. The van der Waals surface area contributed by atoms with E-state index >= 15 is 0 Å².